The molecule has 1 aliphatic heterocycles. The zero-order valence-corrected chi connectivity index (χ0v) is 12.9. The number of nitrogens with one attached hydrogen (secondary N) is 1. The summed E-state index contributed by atoms with van der Waals surface area (Å²) in [5, 5.41) is 5.87. The Morgan fingerprint density at radius 2 is 2.28 bits per heavy atom. The average Bonchev–Trinajstić information content (AvgIpc) is 2.85. The molecule has 100 valence electrons. The van der Waals surface area contributed by atoms with Gasteiger partial charge in [-0.1, -0.05) is 36.2 Å². The van der Waals surface area contributed by atoms with Gasteiger partial charge in [0, 0.05) is 27.9 Å². The van der Waals surface area contributed by atoms with E-state index in [2.05, 4.69) is 24.0 Å². The van der Waals surface area contributed by atoms with Crippen molar-refractivity contribution in [3.05, 3.63) is 33.8 Å². The van der Waals surface area contributed by atoms with Crippen LogP contribution in [0.4, 0.5) is 0 Å². The molecule has 0 aliphatic carbocycles. The molecule has 0 aromatic heterocycles. The maximum absolute atomic E-state index is 6.27. The number of thioether (sulfide) groups is 1. The van der Waals surface area contributed by atoms with Crippen molar-refractivity contribution in [3.63, 3.8) is 0 Å². The normalized spacial score (nSPS) is 21.2. The van der Waals surface area contributed by atoms with Gasteiger partial charge in [-0.3, -0.25) is 0 Å². The minimum Gasteiger partial charge on any atom is -0.309 e. The van der Waals surface area contributed by atoms with E-state index < -0.39 is 0 Å². The van der Waals surface area contributed by atoms with Gasteiger partial charge in [-0.2, -0.15) is 11.8 Å². The van der Waals surface area contributed by atoms with Gasteiger partial charge in [0.1, 0.15) is 0 Å². The van der Waals surface area contributed by atoms with Gasteiger partial charge in [0.05, 0.1) is 0 Å². The summed E-state index contributed by atoms with van der Waals surface area (Å²) in [5.74, 6) is 1.31. The van der Waals surface area contributed by atoms with Gasteiger partial charge in [0.25, 0.3) is 0 Å². The Labute approximate surface area is 124 Å². The molecule has 0 spiro atoms. The molecule has 1 aromatic carbocycles. The fraction of sp³-hybridized carbons (Fsp3) is 0.571. The van der Waals surface area contributed by atoms with Crippen molar-refractivity contribution in [2.45, 2.75) is 37.5 Å². The monoisotopic (exact) mass is 303 g/mol. The minimum absolute atomic E-state index is 0.330. The Hall–Kier alpha value is 0.110. The third-order valence-corrected chi connectivity index (χ3v) is 5.32. The largest absolute Gasteiger partial charge is 0.309 e. The van der Waals surface area contributed by atoms with Crippen molar-refractivity contribution in [2.24, 2.45) is 0 Å². The van der Waals surface area contributed by atoms with E-state index >= 15 is 0 Å². The zero-order chi connectivity index (χ0) is 13.0. The molecule has 1 saturated heterocycles. The van der Waals surface area contributed by atoms with Gasteiger partial charge in [0.15, 0.2) is 0 Å². The van der Waals surface area contributed by atoms with E-state index in [0.717, 1.165) is 28.8 Å². The van der Waals surface area contributed by atoms with Crippen LogP contribution >= 0.6 is 35.0 Å². The van der Waals surface area contributed by atoms with Crippen LogP contribution in [0.25, 0.3) is 0 Å². The summed E-state index contributed by atoms with van der Waals surface area (Å²) < 4.78 is 0. The molecule has 0 saturated carbocycles. The number of hydrogen-bond donors (Lipinski definition) is 1. The standard InChI is InChI=1S/C14H19Cl2NS/c1-2-14(17-9-11-4-3-7-18-11)12-6-5-10(15)8-13(12)16/h5-6,8,11,14,17H,2-4,7,9H2,1H3. The summed E-state index contributed by atoms with van der Waals surface area (Å²) in [7, 11) is 0. The van der Waals surface area contributed by atoms with Crippen molar-refractivity contribution in [1.82, 2.24) is 5.32 Å². The van der Waals surface area contributed by atoms with Crippen molar-refractivity contribution < 1.29 is 0 Å². The summed E-state index contributed by atoms with van der Waals surface area (Å²) in [6.45, 7) is 3.26. The highest BCUT2D eigenvalue weighted by atomic mass is 35.5. The molecule has 2 rings (SSSR count). The highest BCUT2D eigenvalue weighted by molar-refractivity contribution is 8.00. The van der Waals surface area contributed by atoms with Crippen LogP contribution < -0.4 is 5.32 Å². The second-order valence-electron chi connectivity index (χ2n) is 4.67. The molecule has 1 aromatic rings. The first-order chi connectivity index (χ1) is 8.70. The second-order valence-corrected chi connectivity index (χ2v) is 6.92. The third kappa shape index (κ3) is 3.80. The molecular formula is C14H19Cl2NS. The molecule has 2 atom stereocenters. The topological polar surface area (TPSA) is 12.0 Å². The van der Waals surface area contributed by atoms with Crippen LogP contribution in [0.15, 0.2) is 18.2 Å². The Morgan fingerprint density at radius 3 is 2.89 bits per heavy atom. The highest BCUT2D eigenvalue weighted by Crippen LogP contribution is 2.30. The maximum atomic E-state index is 6.27. The van der Waals surface area contributed by atoms with Crippen LogP contribution in [0, 0.1) is 0 Å². The van der Waals surface area contributed by atoms with Crippen LogP contribution in [0.3, 0.4) is 0 Å². The van der Waals surface area contributed by atoms with Gasteiger partial charge in [-0.25, -0.2) is 0 Å². The van der Waals surface area contributed by atoms with Gasteiger partial charge in [-0.15, -0.1) is 0 Å². The van der Waals surface area contributed by atoms with Crippen molar-refractivity contribution >= 4 is 35.0 Å². The van der Waals surface area contributed by atoms with E-state index in [0.29, 0.717) is 11.1 Å². The Bertz CT molecular complexity index is 391. The molecule has 2 unspecified atom stereocenters. The fourth-order valence-corrected chi connectivity index (χ4v) is 4.09. The van der Waals surface area contributed by atoms with E-state index in [-0.39, 0.29) is 0 Å². The van der Waals surface area contributed by atoms with E-state index in [1.807, 2.05) is 18.2 Å². The van der Waals surface area contributed by atoms with E-state index in [4.69, 9.17) is 23.2 Å². The van der Waals surface area contributed by atoms with Crippen molar-refractivity contribution in [2.75, 3.05) is 12.3 Å². The Morgan fingerprint density at radius 1 is 1.44 bits per heavy atom. The van der Waals surface area contributed by atoms with E-state index in [1.54, 1.807) is 0 Å². The molecule has 1 nitrogen and oxygen atoms in total. The summed E-state index contributed by atoms with van der Waals surface area (Å²) in [6, 6.07) is 6.11. The Kier molecular flexibility index (Phi) is 5.68. The molecular weight excluding hydrogens is 285 g/mol. The lowest BCUT2D eigenvalue weighted by atomic mass is 10.0. The molecule has 4 heteroatoms. The SMILES string of the molecule is CCC(NCC1CCCS1)c1ccc(Cl)cc1Cl. The Balaban J connectivity index is 1.98. The first-order valence-corrected chi connectivity index (χ1v) is 8.31. The number of benzene rings is 1. The lowest BCUT2D eigenvalue weighted by Gasteiger charge is -2.21. The van der Waals surface area contributed by atoms with Gasteiger partial charge < -0.3 is 5.32 Å². The molecule has 1 N–H and O–H groups in total. The van der Waals surface area contributed by atoms with Crippen LogP contribution in [0.1, 0.15) is 37.8 Å². The van der Waals surface area contributed by atoms with Crippen molar-refractivity contribution in [1.29, 1.82) is 0 Å². The predicted octanol–water partition coefficient (Wildman–Crippen LogP) is 4.93. The van der Waals surface area contributed by atoms with E-state index in [9.17, 15) is 0 Å². The van der Waals surface area contributed by atoms with Gasteiger partial charge in [-0.05, 0) is 42.7 Å². The molecule has 1 fully saturated rings. The molecule has 0 radical (unpaired) electrons. The smallest absolute Gasteiger partial charge is 0.0468 e. The first-order valence-electron chi connectivity index (χ1n) is 6.50. The zero-order valence-electron chi connectivity index (χ0n) is 10.6. The molecule has 0 bridgehead atoms. The highest BCUT2D eigenvalue weighted by Gasteiger charge is 2.18. The average molecular weight is 304 g/mol. The van der Waals surface area contributed by atoms with Crippen LogP contribution in [-0.4, -0.2) is 17.5 Å². The van der Waals surface area contributed by atoms with Crippen LogP contribution in [0.5, 0.6) is 0 Å². The number of hydrogen-bond acceptors (Lipinski definition) is 2. The van der Waals surface area contributed by atoms with Crippen LogP contribution in [0.2, 0.25) is 10.0 Å². The summed E-state index contributed by atoms with van der Waals surface area (Å²) in [5.41, 5.74) is 1.16. The van der Waals surface area contributed by atoms with Crippen molar-refractivity contribution in [3.8, 4) is 0 Å². The van der Waals surface area contributed by atoms with Crippen LogP contribution in [-0.2, 0) is 0 Å². The van der Waals surface area contributed by atoms with E-state index in [1.165, 1.54) is 18.6 Å². The summed E-state index contributed by atoms with van der Waals surface area (Å²) in [6.07, 6.45) is 3.73. The number of halogens is 2. The van der Waals surface area contributed by atoms with Gasteiger partial charge in [0.2, 0.25) is 0 Å². The molecule has 1 aliphatic rings. The summed E-state index contributed by atoms with van der Waals surface area (Å²) >= 11 is 14.3. The first kappa shape index (κ1) is 14.5. The maximum Gasteiger partial charge on any atom is 0.0468 e. The number of rotatable bonds is 5. The molecule has 0 amide bonds. The summed E-state index contributed by atoms with van der Waals surface area (Å²) in [4.78, 5) is 0. The quantitative estimate of drug-likeness (QED) is 0.828. The lowest BCUT2D eigenvalue weighted by Crippen LogP contribution is -2.27. The molecule has 18 heavy (non-hydrogen) atoms. The lowest BCUT2D eigenvalue weighted by molar-refractivity contribution is 0.512. The third-order valence-electron chi connectivity index (χ3n) is 3.36. The predicted molar refractivity (Wildman–Crippen MR) is 83.0 cm³/mol. The minimum atomic E-state index is 0.330. The second kappa shape index (κ2) is 7.04. The molecule has 1 heterocycles. The fourth-order valence-electron chi connectivity index (χ4n) is 2.34. The van der Waals surface area contributed by atoms with Gasteiger partial charge >= 0.3 is 0 Å².